The molecule has 10 heavy (non-hydrogen) atoms. The lowest BCUT2D eigenvalue weighted by Crippen LogP contribution is -1.76. The minimum atomic E-state index is 0.270. The summed E-state index contributed by atoms with van der Waals surface area (Å²) < 4.78 is 0. The molecule has 0 atom stereocenters. The predicted molar refractivity (Wildman–Crippen MR) is 40.0 cm³/mol. The van der Waals surface area contributed by atoms with Crippen LogP contribution in [-0.2, 0) is 0 Å². The summed E-state index contributed by atoms with van der Waals surface area (Å²) in [5, 5.41) is 9.00. The van der Waals surface area contributed by atoms with E-state index in [1.54, 1.807) is 12.1 Å². The van der Waals surface area contributed by atoms with Gasteiger partial charge in [-0.3, -0.25) is 0 Å². The van der Waals surface area contributed by atoms with Crippen molar-refractivity contribution in [3.8, 4) is 6.07 Å². The van der Waals surface area contributed by atoms with Gasteiger partial charge in [-0.25, -0.2) is 0 Å². The number of rotatable bonds is 0. The largest absolute Gasteiger partial charge is 0.192 e. The molecule has 0 unspecified atom stereocenters. The quantitative estimate of drug-likeness (QED) is 0.588. The molecule has 0 aliphatic carbocycles. The van der Waals surface area contributed by atoms with Crippen LogP contribution in [0.4, 0.5) is 0 Å². The standard InChI is InChI=1S/C7H2Cl2N/c8-6-3-1-2-5(4-10)7(6)9/h1-2H. The van der Waals surface area contributed by atoms with E-state index in [9.17, 15) is 0 Å². The summed E-state index contributed by atoms with van der Waals surface area (Å²) in [4.78, 5) is 0. The second-order valence-corrected chi connectivity index (χ2v) is 2.39. The SMILES string of the molecule is N#Cc1cc[c]c(Cl)c1Cl. The van der Waals surface area contributed by atoms with Gasteiger partial charge in [0.05, 0.1) is 15.6 Å². The van der Waals surface area contributed by atoms with Crippen LogP contribution in [-0.4, -0.2) is 0 Å². The lowest BCUT2D eigenvalue weighted by molar-refractivity contribution is 1.48. The van der Waals surface area contributed by atoms with Crippen molar-refractivity contribution in [2.75, 3.05) is 0 Å². The van der Waals surface area contributed by atoms with Gasteiger partial charge in [-0.1, -0.05) is 29.3 Å². The highest BCUT2D eigenvalue weighted by molar-refractivity contribution is 6.42. The highest BCUT2D eigenvalue weighted by Crippen LogP contribution is 2.23. The molecule has 0 spiro atoms. The van der Waals surface area contributed by atoms with Crippen LogP contribution < -0.4 is 0 Å². The molecule has 0 aliphatic rings. The Bertz CT molecular complexity index is 288. The average molecular weight is 171 g/mol. The van der Waals surface area contributed by atoms with Crippen molar-refractivity contribution in [2.24, 2.45) is 0 Å². The Balaban J connectivity index is 3.31. The predicted octanol–water partition coefficient (Wildman–Crippen LogP) is 2.67. The van der Waals surface area contributed by atoms with Gasteiger partial charge in [0.2, 0.25) is 0 Å². The molecule has 0 N–H and O–H groups in total. The third kappa shape index (κ3) is 1.23. The summed E-state index contributed by atoms with van der Waals surface area (Å²) in [5.74, 6) is 0. The third-order valence-electron chi connectivity index (χ3n) is 1.01. The van der Waals surface area contributed by atoms with Gasteiger partial charge in [0.15, 0.2) is 0 Å². The lowest BCUT2D eigenvalue weighted by Gasteiger charge is -1.93. The van der Waals surface area contributed by atoms with Crippen LogP contribution in [0.1, 0.15) is 5.56 Å². The Morgan fingerprint density at radius 2 is 2.20 bits per heavy atom. The van der Waals surface area contributed by atoms with E-state index in [2.05, 4.69) is 6.07 Å². The van der Waals surface area contributed by atoms with E-state index < -0.39 is 0 Å². The Labute approximate surface area is 68.8 Å². The summed E-state index contributed by atoms with van der Waals surface area (Å²) >= 11 is 11.2. The molecule has 0 bridgehead atoms. The monoisotopic (exact) mass is 170 g/mol. The topological polar surface area (TPSA) is 23.8 Å². The molecule has 0 amide bonds. The smallest absolute Gasteiger partial charge is 0.101 e. The number of hydrogen-bond donors (Lipinski definition) is 0. The van der Waals surface area contributed by atoms with Crippen LogP contribution >= 0.6 is 23.2 Å². The molecule has 1 radical (unpaired) electrons. The number of benzene rings is 1. The van der Waals surface area contributed by atoms with Crippen molar-refractivity contribution < 1.29 is 0 Å². The normalized spacial score (nSPS) is 8.90. The van der Waals surface area contributed by atoms with E-state index in [0.29, 0.717) is 10.6 Å². The molecule has 0 heterocycles. The first kappa shape index (κ1) is 7.40. The Morgan fingerprint density at radius 3 is 2.70 bits per heavy atom. The van der Waals surface area contributed by atoms with Crippen LogP contribution in [0, 0.1) is 17.4 Å². The summed E-state index contributed by atoms with van der Waals surface area (Å²) in [7, 11) is 0. The van der Waals surface area contributed by atoms with E-state index >= 15 is 0 Å². The molecule has 0 aliphatic heterocycles. The fraction of sp³-hybridized carbons (Fsp3) is 0. The van der Waals surface area contributed by atoms with E-state index in [-0.39, 0.29) is 5.02 Å². The Morgan fingerprint density at radius 1 is 1.50 bits per heavy atom. The van der Waals surface area contributed by atoms with Crippen LogP contribution in [0.3, 0.4) is 0 Å². The first-order chi connectivity index (χ1) is 4.75. The zero-order chi connectivity index (χ0) is 7.56. The van der Waals surface area contributed by atoms with Crippen molar-refractivity contribution in [3.63, 3.8) is 0 Å². The summed E-state index contributed by atoms with van der Waals surface area (Å²) in [6.07, 6.45) is 0. The third-order valence-corrected chi connectivity index (χ3v) is 1.80. The molecular formula is C7H2Cl2N. The Kier molecular flexibility index (Phi) is 2.16. The van der Waals surface area contributed by atoms with Crippen LogP contribution in [0.5, 0.6) is 0 Å². The van der Waals surface area contributed by atoms with E-state index in [1.165, 1.54) is 0 Å². The van der Waals surface area contributed by atoms with Gasteiger partial charge in [-0.05, 0) is 6.07 Å². The Hall–Kier alpha value is -0.710. The number of halogens is 2. The molecule has 3 heteroatoms. The minimum absolute atomic E-state index is 0.270. The molecule has 1 rings (SSSR count). The van der Waals surface area contributed by atoms with Crippen molar-refractivity contribution in [2.45, 2.75) is 0 Å². The second kappa shape index (κ2) is 2.92. The van der Waals surface area contributed by atoms with Crippen LogP contribution in [0.15, 0.2) is 12.1 Å². The second-order valence-electron chi connectivity index (χ2n) is 1.63. The molecule has 1 aromatic carbocycles. The highest BCUT2D eigenvalue weighted by atomic mass is 35.5. The number of nitrogens with zero attached hydrogens (tertiary/aromatic N) is 1. The summed E-state index contributed by atoms with van der Waals surface area (Å²) in [6, 6.07) is 7.68. The number of hydrogen-bond acceptors (Lipinski definition) is 1. The van der Waals surface area contributed by atoms with E-state index in [0.717, 1.165) is 0 Å². The van der Waals surface area contributed by atoms with Gasteiger partial charge >= 0.3 is 0 Å². The van der Waals surface area contributed by atoms with Crippen LogP contribution in [0.2, 0.25) is 10.0 Å². The van der Waals surface area contributed by atoms with Crippen molar-refractivity contribution in [1.82, 2.24) is 0 Å². The molecule has 0 saturated carbocycles. The summed E-state index contributed by atoms with van der Waals surface area (Å²) in [6.45, 7) is 0. The zero-order valence-corrected chi connectivity index (χ0v) is 6.37. The minimum Gasteiger partial charge on any atom is -0.192 e. The molecule has 1 aromatic rings. The first-order valence-corrected chi connectivity index (χ1v) is 3.27. The molecule has 1 nitrogen and oxygen atoms in total. The lowest BCUT2D eigenvalue weighted by atomic mass is 10.2. The highest BCUT2D eigenvalue weighted by Gasteiger charge is 2.01. The van der Waals surface area contributed by atoms with Crippen molar-refractivity contribution in [3.05, 3.63) is 33.8 Å². The average Bonchev–Trinajstić information content (AvgIpc) is 1.95. The maximum absolute atomic E-state index is 8.44. The van der Waals surface area contributed by atoms with Gasteiger partial charge in [0, 0.05) is 6.07 Å². The van der Waals surface area contributed by atoms with E-state index in [4.69, 9.17) is 28.5 Å². The van der Waals surface area contributed by atoms with Crippen molar-refractivity contribution >= 4 is 23.2 Å². The van der Waals surface area contributed by atoms with Gasteiger partial charge in [0.1, 0.15) is 6.07 Å². The van der Waals surface area contributed by atoms with E-state index in [1.807, 2.05) is 6.07 Å². The maximum atomic E-state index is 8.44. The van der Waals surface area contributed by atoms with Gasteiger partial charge in [-0.15, -0.1) is 0 Å². The van der Waals surface area contributed by atoms with Gasteiger partial charge < -0.3 is 0 Å². The molecule has 0 aromatic heterocycles. The zero-order valence-electron chi connectivity index (χ0n) is 4.86. The molecular weight excluding hydrogens is 169 g/mol. The fourth-order valence-corrected chi connectivity index (χ4v) is 0.864. The molecule has 0 fully saturated rings. The fourth-order valence-electron chi connectivity index (χ4n) is 0.539. The van der Waals surface area contributed by atoms with Gasteiger partial charge in [0.25, 0.3) is 0 Å². The molecule has 0 saturated heterocycles. The van der Waals surface area contributed by atoms with Crippen molar-refractivity contribution in [1.29, 1.82) is 5.26 Å². The van der Waals surface area contributed by atoms with Gasteiger partial charge in [-0.2, -0.15) is 5.26 Å². The maximum Gasteiger partial charge on any atom is 0.101 e. The molecule has 49 valence electrons. The van der Waals surface area contributed by atoms with Crippen LogP contribution in [0.25, 0.3) is 0 Å². The summed E-state index contributed by atoms with van der Waals surface area (Å²) in [5.41, 5.74) is 0.380. The number of nitriles is 1. The first-order valence-electron chi connectivity index (χ1n) is 2.51.